The Morgan fingerprint density at radius 2 is 2.25 bits per heavy atom. The van der Waals surface area contributed by atoms with E-state index in [0.29, 0.717) is 18.7 Å². The van der Waals surface area contributed by atoms with Crippen LogP contribution in [0.5, 0.6) is 5.75 Å². The first-order valence-corrected chi connectivity index (χ1v) is 6.61. The van der Waals surface area contributed by atoms with Crippen LogP contribution in [0.4, 0.5) is 0 Å². The molecule has 1 N–H and O–H groups in total. The van der Waals surface area contributed by atoms with Gasteiger partial charge in [-0.25, -0.2) is 0 Å². The molecule has 0 radical (unpaired) electrons. The minimum Gasteiger partial charge on any atom is -0.493 e. The lowest BCUT2D eigenvalue weighted by Crippen LogP contribution is -2.23. The molecule has 2 aromatic rings. The number of nitrogens with zero attached hydrogens (tertiary/aromatic N) is 1. The number of carbonyl (C=O) groups excluding carboxylic acids is 1. The molecule has 2 heterocycles. The van der Waals surface area contributed by atoms with Crippen LogP contribution < -0.4 is 10.1 Å². The second kappa shape index (κ2) is 5.00. The summed E-state index contributed by atoms with van der Waals surface area (Å²) in [7, 11) is 0. The summed E-state index contributed by atoms with van der Waals surface area (Å²) in [5.74, 6) is 1.53. The van der Waals surface area contributed by atoms with Crippen molar-refractivity contribution in [2.45, 2.75) is 26.8 Å². The van der Waals surface area contributed by atoms with Gasteiger partial charge in [-0.05, 0) is 37.6 Å². The summed E-state index contributed by atoms with van der Waals surface area (Å²) < 4.78 is 10.5. The van der Waals surface area contributed by atoms with Gasteiger partial charge in [0, 0.05) is 24.1 Å². The summed E-state index contributed by atoms with van der Waals surface area (Å²) in [6, 6.07) is 5.53. The van der Waals surface area contributed by atoms with Gasteiger partial charge in [0.25, 0.3) is 5.91 Å². The SMILES string of the molecule is Cc1noc(C)c1CNC(=O)c1ccc2c(c1)CCO2. The quantitative estimate of drug-likeness (QED) is 0.930. The lowest BCUT2D eigenvalue weighted by atomic mass is 10.1. The largest absolute Gasteiger partial charge is 0.493 e. The van der Waals surface area contributed by atoms with Gasteiger partial charge in [0.1, 0.15) is 11.5 Å². The molecule has 1 aliphatic rings. The Labute approximate surface area is 116 Å². The molecule has 1 amide bonds. The Morgan fingerprint density at radius 1 is 1.40 bits per heavy atom. The molecular formula is C15H16N2O3. The fourth-order valence-electron chi connectivity index (χ4n) is 2.35. The Balaban J connectivity index is 1.71. The third kappa shape index (κ3) is 2.27. The first-order valence-electron chi connectivity index (χ1n) is 6.61. The molecule has 5 nitrogen and oxygen atoms in total. The molecule has 0 fully saturated rings. The van der Waals surface area contributed by atoms with Crippen molar-refractivity contribution < 1.29 is 14.1 Å². The second-order valence-corrected chi connectivity index (χ2v) is 4.91. The first-order chi connectivity index (χ1) is 9.65. The summed E-state index contributed by atoms with van der Waals surface area (Å²) >= 11 is 0. The van der Waals surface area contributed by atoms with Crippen molar-refractivity contribution >= 4 is 5.91 Å². The number of carbonyl (C=O) groups is 1. The molecule has 1 aliphatic heterocycles. The molecule has 0 unspecified atom stereocenters. The number of nitrogens with one attached hydrogen (secondary N) is 1. The number of hydrogen-bond donors (Lipinski definition) is 1. The number of fused-ring (bicyclic) bond motifs is 1. The van der Waals surface area contributed by atoms with Crippen molar-refractivity contribution in [1.29, 1.82) is 0 Å². The third-order valence-electron chi connectivity index (χ3n) is 3.56. The van der Waals surface area contributed by atoms with Crippen LogP contribution in [0.25, 0.3) is 0 Å². The monoisotopic (exact) mass is 272 g/mol. The molecule has 0 saturated heterocycles. The number of rotatable bonds is 3. The molecule has 1 aromatic heterocycles. The number of amides is 1. The smallest absolute Gasteiger partial charge is 0.251 e. The fraction of sp³-hybridized carbons (Fsp3) is 0.333. The number of aromatic nitrogens is 1. The molecule has 0 atom stereocenters. The van der Waals surface area contributed by atoms with Crippen LogP contribution >= 0.6 is 0 Å². The van der Waals surface area contributed by atoms with E-state index >= 15 is 0 Å². The number of benzene rings is 1. The van der Waals surface area contributed by atoms with Gasteiger partial charge in [-0.2, -0.15) is 0 Å². The van der Waals surface area contributed by atoms with Gasteiger partial charge in [-0.15, -0.1) is 0 Å². The first kappa shape index (κ1) is 12.7. The lowest BCUT2D eigenvalue weighted by molar-refractivity contribution is 0.0950. The highest BCUT2D eigenvalue weighted by Crippen LogP contribution is 2.25. The van der Waals surface area contributed by atoms with Crippen molar-refractivity contribution in [3.8, 4) is 5.75 Å². The number of aryl methyl sites for hydroxylation is 2. The highest BCUT2D eigenvalue weighted by molar-refractivity contribution is 5.94. The third-order valence-corrected chi connectivity index (χ3v) is 3.56. The average molecular weight is 272 g/mol. The van der Waals surface area contributed by atoms with Crippen LogP contribution in [0.2, 0.25) is 0 Å². The molecule has 3 rings (SSSR count). The van der Waals surface area contributed by atoms with Gasteiger partial charge in [0.05, 0.1) is 12.3 Å². The van der Waals surface area contributed by atoms with Crippen molar-refractivity contribution in [3.05, 3.63) is 46.3 Å². The molecular weight excluding hydrogens is 256 g/mol. The van der Waals surface area contributed by atoms with Gasteiger partial charge in [0.2, 0.25) is 0 Å². The van der Waals surface area contributed by atoms with Crippen molar-refractivity contribution in [3.63, 3.8) is 0 Å². The predicted molar refractivity (Wildman–Crippen MR) is 72.8 cm³/mol. The minimum atomic E-state index is -0.0975. The zero-order valence-electron chi connectivity index (χ0n) is 11.5. The van der Waals surface area contributed by atoms with E-state index in [-0.39, 0.29) is 5.91 Å². The number of ether oxygens (including phenoxy) is 1. The highest BCUT2D eigenvalue weighted by atomic mass is 16.5. The van der Waals surface area contributed by atoms with Crippen LogP contribution in [-0.4, -0.2) is 17.7 Å². The molecule has 20 heavy (non-hydrogen) atoms. The maximum Gasteiger partial charge on any atom is 0.251 e. The predicted octanol–water partition coefficient (Wildman–Crippen LogP) is 2.16. The van der Waals surface area contributed by atoms with E-state index in [0.717, 1.165) is 34.8 Å². The van der Waals surface area contributed by atoms with Crippen molar-refractivity contribution in [2.24, 2.45) is 0 Å². The molecule has 5 heteroatoms. The highest BCUT2D eigenvalue weighted by Gasteiger charge is 2.16. The zero-order valence-corrected chi connectivity index (χ0v) is 11.5. The second-order valence-electron chi connectivity index (χ2n) is 4.91. The Morgan fingerprint density at radius 3 is 3.00 bits per heavy atom. The van der Waals surface area contributed by atoms with Gasteiger partial charge >= 0.3 is 0 Å². The van der Waals surface area contributed by atoms with Gasteiger partial charge < -0.3 is 14.6 Å². The normalized spacial score (nSPS) is 12.9. The maximum absolute atomic E-state index is 12.2. The van der Waals surface area contributed by atoms with E-state index in [4.69, 9.17) is 9.26 Å². The average Bonchev–Trinajstić information content (AvgIpc) is 3.03. The molecule has 0 bridgehead atoms. The van der Waals surface area contributed by atoms with Gasteiger partial charge in [-0.1, -0.05) is 5.16 Å². The van der Waals surface area contributed by atoms with E-state index in [2.05, 4.69) is 10.5 Å². The summed E-state index contributed by atoms with van der Waals surface area (Å²) in [6.45, 7) is 4.83. The Hall–Kier alpha value is -2.30. The van der Waals surface area contributed by atoms with Gasteiger partial charge in [0.15, 0.2) is 0 Å². The van der Waals surface area contributed by atoms with Crippen molar-refractivity contribution in [1.82, 2.24) is 10.5 Å². The van der Waals surface area contributed by atoms with E-state index in [1.165, 1.54) is 0 Å². The molecule has 0 aliphatic carbocycles. The summed E-state index contributed by atoms with van der Waals surface area (Å²) in [6.07, 6.45) is 0.861. The van der Waals surface area contributed by atoms with E-state index < -0.39 is 0 Å². The van der Waals surface area contributed by atoms with E-state index in [1.54, 1.807) is 6.07 Å². The molecule has 104 valence electrons. The summed E-state index contributed by atoms with van der Waals surface area (Å²) in [5.41, 5.74) is 3.49. The lowest BCUT2D eigenvalue weighted by Gasteiger charge is -2.06. The van der Waals surface area contributed by atoms with E-state index in [1.807, 2.05) is 26.0 Å². The fourth-order valence-corrected chi connectivity index (χ4v) is 2.35. The van der Waals surface area contributed by atoms with E-state index in [9.17, 15) is 4.79 Å². The summed E-state index contributed by atoms with van der Waals surface area (Å²) in [4.78, 5) is 12.2. The standard InChI is InChI=1S/C15H16N2O3/c1-9-13(10(2)20-17-9)8-16-15(18)12-3-4-14-11(7-12)5-6-19-14/h3-4,7H,5-6,8H2,1-2H3,(H,16,18). The van der Waals surface area contributed by atoms with Gasteiger partial charge in [-0.3, -0.25) is 4.79 Å². The van der Waals surface area contributed by atoms with Crippen LogP contribution in [-0.2, 0) is 13.0 Å². The van der Waals surface area contributed by atoms with Crippen LogP contribution in [0.15, 0.2) is 22.7 Å². The van der Waals surface area contributed by atoms with Crippen molar-refractivity contribution in [2.75, 3.05) is 6.61 Å². The zero-order chi connectivity index (χ0) is 14.1. The minimum absolute atomic E-state index is 0.0975. The van der Waals surface area contributed by atoms with Crippen LogP contribution in [0.1, 0.15) is 32.9 Å². The topological polar surface area (TPSA) is 64.4 Å². The summed E-state index contributed by atoms with van der Waals surface area (Å²) in [5, 5.41) is 6.77. The molecule has 0 spiro atoms. The van der Waals surface area contributed by atoms with Crippen LogP contribution in [0.3, 0.4) is 0 Å². The maximum atomic E-state index is 12.2. The van der Waals surface area contributed by atoms with Crippen LogP contribution in [0, 0.1) is 13.8 Å². The number of hydrogen-bond acceptors (Lipinski definition) is 4. The Kier molecular flexibility index (Phi) is 3.18. The molecule has 0 saturated carbocycles. The molecule has 1 aromatic carbocycles. The Bertz CT molecular complexity index is 642.